The van der Waals surface area contributed by atoms with E-state index in [4.69, 9.17) is 10.3 Å². The van der Waals surface area contributed by atoms with Gasteiger partial charge in [-0.05, 0) is 25.3 Å². The molecule has 0 aromatic carbocycles. The topological polar surface area (TPSA) is 53.7 Å². The van der Waals surface area contributed by atoms with Crippen LogP contribution in [0.4, 0.5) is 0 Å². The Morgan fingerprint density at radius 2 is 2.19 bits per heavy atom. The maximum absolute atomic E-state index is 9.05. The van der Waals surface area contributed by atoms with Gasteiger partial charge in [-0.2, -0.15) is 5.10 Å². The quantitative estimate of drug-likeness (QED) is 0.685. The molecular formula is C16H26N4O. The van der Waals surface area contributed by atoms with Crippen LogP contribution in [0.25, 0.3) is 0 Å². The van der Waals surface area contributed by atoms with Gasteiger partial charge in [0.1, 0.15) is 0 Å². The van der Waals surface area contributed by atoms with Gasteiger partial charge in [-0.25, -0.2) is 0 Å². The first-order valence-electron chi connectivity index (χ1n) is 8.27. The molecule has 116 valence electrons. The molecule has 1 N–H and O–H groups in total. The second-order valence-electron chi connectivity index (χ2n) is 6.41. The molecule has 2 fully saturated rings. The van der Waals surface area contributed by atoms with Crippen LogP contribution >= 0.6 is 0 Å². The lowest BCUT2D eigenvalue weighted by Crippen LogP contribution is -2.40. The molecule has 5 heteroatoms. The molecule has 1 saturated carbocycles. The van der Waals surface area contributed by atoms with Crippen molar-refractivity contribution < 1.29 is 5.21 Å². The standard InChI is InChI=1S/C16H26N4O/c1-2-13-11-19(9-8-16(13)18-21)12-14-7-10-20(17-14)15-5-3-4-6-15/h7,10,13,15,21H,2-6,8-9,11-12H2,1H3/b18-16+. The molecule has 1 aliphatic carbocycles. The third kappa shape index (κ3) is 3.28. The molecule has 0 spiro atoms. The van der Waals surface area contributed by atoms with E-state index >= 15 is 0 Å². The second kappa shape index (κ2) is 6.60. The highest BCUT2D eigenvalue weighted by Gasteiger charge is 2.25. The van der Waals surface area contributed by atoms with E-state index in [2.05, 4.69) is 33.9 Å². The van der Waals surface area contributed by atoms with Gasteiger partial charge in [0.25, 0.3) is 0 Å². The van der Waals surface area contributed by atoms with Crippen molar-refractivity contribution in [1.29, 1.82) is 0 Å². The Bertz CT molecular complexity index is 490. The average Bonchev–Trinajstić information content (AvgIpc) is 3.17. The van der Waals surface area contributed by atoms with Crippen molar-refractivity contribution in [2.45, 2.75) is 58.0 Å². The predicted octanol–water partition coefficient (Wildman–Crippen LogP) is 3.06. The van der Waals surface area contributed by atoms with E-state index in [1.165, 1.54) is 31.4 Å². The number of rotatable bonds is 4. The van der Waals surface area contributed by atoms with Gasteiger partial charge in [0, 0.05) is 38.2 Å². The van der Waals surface area contributed by atoms with Gasteiger partial charge >= 0.3 is 0 Å². The first-order valence-corrected chi connectivity index (χ1v) is 8.27. The maximum Gasteiger partial charge on any atom is 0.0764 e. The SMILES string of the molecule is CCC1CN(Cc2ccn(C3CCCC3)n2)CC/C1=N\O. The zero-order valence-corrected chi connectivity index (χ0v) is 12.9. The van der Waals surface area contributed by atoms with Crippen molar-refractivity contribution in [3.63, 3.8) is 0 Å². The zero-order chi connectivity index (χ0) is 14.7. The molecule has 2 aliphatic rings. The number of hydrogen-bond donors (Lipinski definition) is 1. The Labute approximate surface area is 126 Å². The minimum Gasteiger partial charge on any atom is -0.411 e. The van der Waals surface area contributed by atoms with Gasteiger partial charge in [0.15, 0.2) is 0 Å². The summed E-state index contributed by atoms with van der Waals surface area (Å²) in [5, 5.41) is 17.3. The Kier molecular flexibility index (Phi) is 4.58. The van der Waals surface area contributed by atoms with Gasteiger partial charge in [-0.3, -0.25) is 9.58 Å². The highest BCUT2D eigenvalue weighted by molar-refractivity contribution is 5.87. The average molecular weight is 290 g/mol. The van der Waals surface area contributed by atoms with Gasteiger partial charge in [0.2, 0.25) is 0 Å². The molecule has 2 heterocycles. The molecule has 1 unspecified atom stereocenters. The monoisotopic (exact) mass is 290 g/mol. The van der Waals surface area contributed by atoms with Crippen LogP contribution < -0.4 is 0 Å². The zero-order valence-electron chi connectivity index (χ0n) is 12.9. The second-order valence-corrected chi connectivity index (χ2v) is 6.41. The summed E-state index contributed by atoms with van der Waals surface area (Å²) < 4.78 is 2.17. The van der Waals surface area contributed by atoms with Crippen molar-refractivity contribution in [3.05, 3.63) is 18.0 Å². The van der Waals surface area contributed by atoms with Crippen LogP contribution in [0.1, 0.15) is 57.2 Å². The molecule has 1 aliphatic heterocycles. The number of nitrogens with zero attached hydrogens (tertiary/aromatic N) is 4. The molecule has 0 bridgehead atoms. The highest BCUT2D eigenvalue weighted by Crippen LogP contribution is 2.29. The predicted molar refractivity (Wildman–Crippen MR) is 82.6 cm³/mol. The van der Waals surface area contributed by atoms with Crippen LogP contribution in [0.5, 0.6) is 0 Å². The summed E-state index contributed by atoms with van der Waals surface area (Å²) in [7, 11) is 0. The summed E-state index contributed by atoms with van der Waals surface area (Å²) >= 11 is 0. The number of aromatic nitrogens is 2. The van der Waals surface area contributed by atoms with Crippen molar-refractivity contribution >= 4 is 5.71 Å². The van der Waals surface area contributed by atoms with E-state index in [0.717, 1.165) is 38.2 Å². The molecule has 1 saturated heterocycles. The normalized spacial score (nSPS) is 26.7. The number of piperidine rings is 1. The molecular weight excluding hydrogens is 264 g/mol. The number of likely N-dealkylation sites (tertiary alicyclic amines) is 1. The lowest BCUT2D eigenvalue weighted by molar-refractivity contribution is 0.217. The van der Waals surface area contributed by atoms with E-state index < -0.39 is 0 Å². The smallest absolute Gasteiger partial charge is 0.0764 e. The first-order chi connectivity index (χ1) is 10.3. The molecule has 3 rings (SSSR count). The maximum atomic E-state index is 9.05. The third-order valence-electron chi connectivity index (χ3n) is 5.00. The van der Waals surface area contributed by atoms with Crippen molar-refractivity contribution in [3.8, 4) is 0 Å². The van der Waals surface area contributed by atoms with Crippen LogP contribution in [0, 0.1) is 5.92 Å². The van der Waals surface area contributed by atoms with Crippen molar-refractivity contribution in [1.82, 2.24) is 14.7 Å². The van der Waals surface area contributed by atoms with Crippen molar-refractivity contribution in [2.75, 3.05) is 13.1 Å². The molecule has 21 heavy (non-hydrogen) atoms. The first kappa shape index (κ1) is 14.6. The summed E-state index contributed by atoms with van der Waals surface area (Å²) in [5.74, 6) is 0.390. The number of hydrogen-bond acceptors (Lipinski definition) is 4. The van der Waals surface area contributed by atoms with E-state index in [-0.39, 0.29) is 0 Å². The Morgan fingerprint density at radius 1 is 1.38 bits per heavy atom. The van der Waals surface area contributed by atoms with E-state index in [0.29, 0.717) is 12.0 Å². The van der Waals surface area contributed by atoms with Crippen molar-refractivity contribution in [2.24, 2.45) is 11.1 Å². The summed E-state index contributed by atoms with van der Waals surface area (Å²) in [6.45, 7) is 5.02. The summed E-state index contributed by atoms with van der Waals surface area (Å²) in [6.07, 6.45) is 9.29. The summed E-state index contributed by atoms with van der Waals surface area (Å²) in [6, 6.07) is 2.78. The molecule has 0 radical (unpaired) electrons. The molecule has 0 amide bonds. The minimum absolute atomic E-state index is 0.390. The fourth-order valence-corrected chi connectivity index (χ4v) is 3.69. The number of oxime groups is 1. The van der Waals surface area contributed by atoms with Gasteiger partial charge in [-0.1, -0.05) is 24.9 Å². The molecule has 1 aromatic heterocycles. The Morgan fingerprint density at radius 3 is 2.90 bits per heavy atom. The molecule has 5 nitrogen and oxygen atoms in total. The lowest BCUT2D eigenvalue weighted by Gasteiger charge is -2.32. The fraction of sp³-hybridized carbons (Fsp3) is 0.750. The summed E-state index contributed by atoms with van der Waals surface area (Å²) in [4.78, 5) is 2.43. The minimum atomic E-state index is 0.390. The molecule has 1 aromatic rings. The van der Waals surface area contributed by atoms with Gasteiger partial charge in [-0.15, -0.1) is 0 Å². The van der Waals surface area contributed by atoms with Gasteiger partial charge < -0.3 is 5.21 Å². The Hall–Kier alpha value is -1.36. The van der Waals surface area contributed by atoms with Crippen LogP contribution in [0.2, 0.25) is 0 Å². The van der Waals surface area contributed by atoms with E-state index in [1.54, 1.807) is 0 Å². The van der Waals surface area contributed by atoms with Gasteiger partial charge in [0.05, 0.1) is 17.4 Å². The third-order valence-corrected chi connectivity index (χ3v) is 5.00. The molecule has 1 atom stereocenters. The Balaban J connectivity index is 1.59. The van der Waals surface area contributed by atoms with Crippen LogP contribution in [0.3, 0.4) is 0 Å². The van der Waals surface area contributed by atoms with E-state index in [1.807, 2.05) is 0 Å². The van der Waals surface area contributed by atoms with Crippen LogP contribution in [-0.4, -0.2) is 38.7 Å². The highest BCUT2D eigenvalue weighted by atomic mass is 16.4. The summed E-state index contributed by atoms with van der Waals surface area (Å²) in [5.41, 5.74) is 2.13. The largest absolute Gasteiger partial charge is 0.411 e. The lowest BCUT2D eigenvalue weighted by atomic mass is 9.93. The van der Waals surface area contributed by atoms with E-state index in [9.17, 15) is 0 Å². The van der Waals surface area contributed by atoms with Crippen LogP contribution in [0.15, 0.2) is 17.4 Å². The fourth-order valence-electron chi connectivity index (χ4n) is 3.69. The van der Waals surface area contributed by atoms with Crippen LogP contribution in [-0.2, 0) is 6.54 Å².